The minimum atomic E-state index is -0.104. The smallest absolute Gasteiger partial charge is 0.256 e. The van der Waals surface area contributed by atoms with Gasteiger partial charge in [0.05, 0.1) is 0 Å². The highest BCUT2D eigenvalue weighted by Gasteiger charge is 2.22. The van der Waals surface area contributed by atoms with Gasteiger partial charge < -0.3 is 10.4 Å². The van der Waals surface area contributed by atoms with Crippen LogP contribution in [0.3, 0.4) is 0 Å². The molecule has 0 radical (unpaired) electrons. The Morgan fingerprint density at radius 1 is 0.944 bits per heavy atom. The van der Waals surface area contributed by atoms with E-state index < -0.39 is 0 Å². The molecule has 0 spiro atoms. The molecule has 1 aliphatic heterocycles. The summed E-state index contributed by atoms with van der Waals surface area (Å²) in [6.45, 7) is 0. The van der Waals surface area contributed by atoms with Crippen LogP contribution in [0.1, 0.15) is 21.5 Å². The lowest BCUT2D eigenvalue weighted by Gasteiger charge is -2.02. The Hall–Kier alpha value is -2.55. The predicted molar refractivity (Wildman–Crippen MR) is 69.9 cm³/mol. The van der Waals surface area contributed by atoms with Crippen LogP contribution in [0.15, 0.2) is 48.5 Å². The molecule has 3 heteroatoms. The first-order chi connectivity index (χ1) is 8.75. The molecule has 0 atom stereocenters. The van der Waals surface area contributed by atoms with E-state index in [0.717, 1.165) is 11.3 Å². The average molecular weight is 237 g/mol. The van der Waals surface area contributed by atoms with Crippen molar-refractivity contribution in [3.8, 4) is 5.75 Å². The second kappa shape index (κ2) is 4.04. The van der Waals surface area contributed by atoms with Crippen LogP contribution in [-0.2, 0) is 0 Å². The van der Waals surface area contributed by atoms with Crippen molar-refractivity contribution in [3.05, 3.63) is 65.2 Å². The summed E-state index contributed by atoms with van der Waals surface area (Å²) in [6, 6.07) is 14.4. The molecule has 0 unspecified atom stereocenters. The van der Waals surface area contributed by atoms with Crippen molar-refractivity contribution in [3.63, 3.8) is 0 Å². The normalized spacial score (nSPS) is 15.6. The number of para-hydroxylation sites is 1. The van der Waals surface area contributed by atoms with Gasteiger partial charge in [0.15, 0.2) is 0 Å². The lowest BCUT2D eigenvalue weighted by molar-refractivity contribution is 0.0981. The zero-order valence-electron chi connectivity index (χ0n) is 9.55. The van der Waals surface area contributed by atoms with Crippen LogP contribution in [-0.4, -0.2) is 11.0 Å². The van der Waals surface area contributed by atoms with Crippen molar-refractivity contribution in [1.82, 2.24) is 5.32 Å². The number of carbonyl (C=O) groups is 1. The Morgan fingerprint density at radius 2 is 1.61 bits per heavy atom. The lowest BCUT2D eigenvalue weighted by Crippen LogP contribution is -2.11. The summed E-state index contributed by atoms with van der Waals surface area (Å²) in [5.41, 5.74) is 2.94. The molecule has 0 aromatic heterocycles. The van der Waals surface area contributed by atoms with Crippen LogP contribution < -0.4 is 5.32 Å². The van der Waals surface area contributed by atoms with E-state index >= 15 is 0 Å². The molecule has 2 N–H and O–H groups in total. The highest BCUT2D eigenvalue weighted by Crippen LogP contribution is 2.28. The van der Waals surface area contributed by atoms with Gasteiger partial charge in [0.2, 0.25) is 0 Å². The number of benzene rings is 2. The highest BCUT2D eigenvalue weighted by molar-refractivity contribution is 6.11. The monoisotopic (exact) mass is 237 g/mol. The quantitative estimate of drug-likeness (QED) is 0.801. The van der Waals surface area contributed by atoms with E-state index in [1.807, 2.05) is 24.3 Å². The Kier molecular flexibility index (Phi) is 2.38. The fourth-order valence-corrected chi connectivity index (χ4v) is 2.05. The summed E-state index contributed by atoms with van der Waals surface area (Å²) in [5, 5.41) is 12.5. The summed E-state index contributed by atoms with van der Waals surface area (Å²) < 4.78 is 0. The zero-order chi connectivity index (χ0) is 12.5. The molecule has 1 heterocycles. The molecular formula is C15H11NO2. The number of rotatable bonds is 1. The van der Waals surface area contributed by atoms with Crippen LogP contribution in [0.25, 0.3) is 11.8 Å². The van der Waals surface area contributed by atoms with Gasteiger partial charge in [-0.1, -0.05) is 36.4 Å². The summed E-state index contributed by atoms with van der Waals surface area (Å²) in [4.78, 5) is 11.7. The van der Waals surface area contributed by atoms with Gasteiger partial charge in [0.25, 0.3) is 5.91 Å². The largest absolute Gasteiger partial charge is 0.507 e. The number of amides is 1. The molecule has 3 rings (SSSR count). The second-order valence-electron chi connectivity index (χ2n) is 4.12. The number of phenolic OH excluding ortho intramolecular Hbond substituents is 1. The van der Waals surface area contributed by atoms with Crippen LogP contribution in [0, 0.1) is 0 Å². The third-order valence-corrected chi connectivity index (χ3v) is 2.95. The molecule has 0 aliphatic carbocycles. The van der Waals surface area contributed by atoms with Crippen molar-refractivity contribution < 1.29 is 9.90 Å². The Labute approximate surface area is 104 Å². The van der Waals surface area contributed by atoms with Crippen molar-refractivity contribution >= 4 is 17.7 Å². The van der Waals surface area contributed by atoms with Gasteiger partial charge in [-0.3, -0.25) is 4.79 Å². The molecule has 3 nitrogen and oxygen atoms in total. The van der Waals surface area contributed by atoms with E-state index in [1.165, 1.54) is 0 Å². The van der Waals surface area contributed by atoms with Crippen molar-refractivity contribution in [2.45, 2.75) is 0 Å². The van der Waals surface area contributed by atoms with E-state index in [-0.39, 0.29) is 11.7 Å². The van der Waals surface area contributed by atoms with Crippen molar-refractivity contribution in [1.29, 1.82) is 0 Å². The fraction of sp³-hybridized carbons (Fsp3) is 0. The first kappa shape index (κ1) is 10.6. The number of nitrogens with one attached hydrogen (secondary N) is 1. The third kappa shape index (κ3) is 1.66. The SMILES string of the molecule is O=C1NC(=Cc2ccccc2O)c2ccccc21. The predicted octanol–water partition coefficient (Wildman–Crippen LogP) is 2.63. The maximum atomic E-state index is 11.7. The van der Waals surface area contributed by atoms with Crippen molar-refractivity contribution in [2.24, 2.45) is 0 Å². The van der Waals surface area contributed by atoms with E-state index in [9.17, 15) is 9.90 Å². The summed E-state index contributed by atoms with van der Waals surface area (Å²) >= 11 is 0. The fourth-order valence-electron chi connectivity index (χ4n) is 2.05. The van der Waals surface area contributed by atoms with Gasteiger partial charge in [0.1, 0.15) is 5.75 Å². The summed E-state index contributed by atoms with van der Waals surface area (Å²) in [5.74, 6) is 0.0934. The number of phenols is 1. The molecule has 18 heavy (non-hydrogen) atoms. The molecular weight excluding hydrogens is 226 g/mol. The lowest BCUT2D eigenvalue weighted by atomic mass is 10.1. The standard InChI is InChI=1S/C15H11NO2/c17-14-8-4-1-5-10(14)9-13-11-6-2-3-7-12(11)15(18)16-13/h1-9,17H,(H,16,18). The number of hydrogen-bond donors (Lipinski definition) is 2. The number of fused-ring (bicyclic) bond motifs is 1. The minimum absolute atomic E-state index is 0.104. The molecule has 0 saturated heterocycles. The highest BCUT2D eigenvalue weighted by atomic mass is 16.3. The number of hydrogen-bond acceptors (Lipinski definition) is 2. The summed E-state index contributed by atoms with van der Waals surface area (Å²) in [7, 11) is 0. The molecule has 0 fully saturated rings. The third-order valence-electron chi connectivity index (χ3n) is 2.95. The van der Waals surface area contributed by atoms with E-state index in [1.54, 1.807) is 30.3 Å². The van der Waals surface area contributed by atoms with E-state index in [0.29, 0.717) is 11.1 Å². The molecule has 2 aromatic carbocycles. The Morgan fingerprint density at radius 3 is 2.39 bits per heavy atom. The average Bonchev–Trinajstić information content (AvgIpc) is 2.70. The minimum Gasteiger partial charge on any atom is -0.507 e. The van der Waals surface area contributed by atoms with Crippen LogP contribution in [0.2, 0.25) is 0 Å². The Balaban J connectivity index is 2.11. The Bertz CT molecular complexity index is 659. The van der Waals surface area contributed by atoms with Gasteiger partial charge in [-0.2, -0.15) is 0 Å². The second-order valence-corrected chi connectivity index (χ2v) is 4.12. The molecule has 2 aromatic rings. The maximum absolute atomic E-state index is 11.7. The zero-order valence-corrected chi connectivity index (χ0v) is 9.55. The first-order valence-corrected chi connectivity index (χ1v) is 5.66. The number of carbonyl (C=O) groups excluding carboxylic acids is 1. The van der Waals surface area contributed by atoms with Gasteiger partial charge in [-0.05, 0) is 18.2 Å². The van der Waals surface area contributed by atoms with Crippen molar-refractivity contribution in [2.75, 3.05) is 0 Å². The topological polar surface area (TPSA) is 49.3 Å². The molecule has 0 saturated carbocycles. The van der Waals surface area contributed by atoms with Gasteiger partial charge in [-0.15, -0.1) is 0 Å². The molecule has 1 amide bonds. The van der Waals surface area contributed by atoms with E-state index in [4.69, 9.17) is 0 Å². The molecule has 88 valence electrons. The van der Waals surface area contributed by atoms with Crippen LogP contribution >= 0.6 is 0 Å². The number of aromatic hydroxyl groups is 1. The van der Waals surface area contributed by atoms with Gasteiger partial charge >= 0.3 is 0 Å². The molecule has 0 bridgehead atoms. The maximum Gasteiger partial charge on any atom is 0.256 e. The molecule has 1 aliphatic rings. The van der Waals surface area contributed by atoms with E-state index in [2.05, 4.69) is 5.32 Å². The van der Waals surface area contributed by atoms with Crippen LogP contribution in [0.5, 0.6) is 5.75 Å². The van der Waals surface area contributed by atoms with Gasteiger partial charge in [0, 0.05) is 22.4 Å². The van der Waals surface area contributed by atoms with Gasteiger partial charge in [-0.25, -0.2) is 0 Å². The summed E-state index contributed by atoms with van der Waals surface area (Å²) in [6.07, 6.45) is 1.78. The first-order valence-electron chi connectivity index (χ1n) is 5.66. The van der Waals surface area contributed by atoms with Crippen LogP contribution in [0.4, 0.5) is 0 Å².